The molecule has 0 rings (SSSR count). The van der Waals surface area contributed by atoms with Crippen LogP contribution in [-0.2, 0) is 38.1 Å². The van der Waals surface area contributed by atoms with Gasteiger partial charge in [0, 0.05) is 44.1 Å². The van der Waals surface area contributed by atoms with E-state index in [0.29, 0.717) is 6.42 Å². The predicted molar refractivity (Wildman–Crippen MR) is 134 cm³/mol. The highest BCUT2D eigenvalue weighted by Gasteiger charge is 2.34. The normalized spacial score (nSPS) is 11.7. The molecule has 36 heavy (non-hydrogen) atoms. The summed E-state index contributed by atoms with van der Waals surface area (Å²) in [6.07, 6.45) is 0.923. The van der Waals surface area contributed by atoms with Gasteiger partial charge in [-0.05, 0) is 48.0 Å². The molecule has 0 unspecified atom stereocenters. The molecule has 1 N–H and O–H groups in total. The van der Waals surface area contributed by atoms with E-state index >= 15 is 0 Å². The second-order valence-corrected chi connectivity index (χ2v) is 10.3. The van der Waals surface area contributed by atoms with Gasteiger partial charge in [0.25, 0.3) is 0 Å². The Morgan fingerprint density at radius 2 is 1.08 bits per heavy atom. The van der Waals surface area contributed by atoms with Gasteiger partial charge in [0.15, 0.2) is 0 Å². The van der Waals surface area contributed by atoms with Crippen molar-refractivity contribution in [3.8, 4) is 0 Å². The van der Waals surface area contributed by atoms with Crippen LogP contribution in [0.4, 0.5) is 4.79 Å². The summed E-state index contributed by atoms with van der Waals surface area (Å²) in [5.41, 5.74) is -1.45. The Hall–Kier alpha value is -2.17. The number of alkyl carbamates (subject to hydrolysis) is 1. The maximum atomic E-state index is 12.9. The van der Waals surface area contributed by atoms with Crippen molar-refractivity contribution < 1.29 is 42.9 Å². The van der Waals surface area contributed by atoms with Crippen LogP contribution in [0.15, 0.2) is 0 Å². The lowest BCUT2D eigenvalue weighted by Gasteiger charge is -2.33. The first-order chi connectivity index (χ1) is 16.7. The highest BCUT2D eigenvalue weighted by molar-refractivity contribution is 5.79. The lowest BCUT2D eigenvalue weighted by atomic mass is 9.84. The minimum absolute atomic E-state index is 0.00965. The van der Waals surface area contributed by atoms with E-state index in [1.807, 2.05) is 0 Å². The van der Waals surface area contributed by atoms with Gasteiger partial charge in [0.05, 0.1) is 39.6 Å². The number of carbonyl (C=O) groups is 5. The predicted octanol–water partition coefficient (Wildman–Crippen LogP) is 3.22. The Bertz CT molecular complexity index is 658. The molecule has 0 heterocycles. The van der Waals surface area contributed by atoms with Crippen molar-refractivity contribution in [3.63, 3.8) is 0 Å². The monoisotopic (exact) mass is 515 g/mol. The molecule has 0 aromatic heterocycles. The summed E-state index contributed by atoms with van der Waals surface area (Å²) in [5, 5.41) is 2.63. The quantitative estimate of drug-likeness (QED) is 0.229. The number of hydrogen-bond acceptors (Lipinski definition) is 9. The van der Waals surface area contributed by atoms with Crippen LogP contribution in [0.5, 0.6) is 0 Å². The van der Waals surface area contributed by atoms with E-state index < -0.39 is 17.1 Å². The van der Waals surface area contributed by atoms with Crippen LogP contribution >= 0.6 is 0 Å². The molecule has 208 valence electrons. The fourth-order valence-electron chi connectivity index (χ4n) is 3.09. The third-order valence-electron chi connectivity index (χ3n) is 4.89. The van der Waals surface area contributed by atoms with Crippen molar-refractivity contribution in [1.29, 1.82) is 0 Å². The highest BCUT2D eigenvalue weighted by Crippen LogP contribution is 2.26. The molecule has 0 radical (unpaired) electrons. The zero-order chi connectivity index (χ0) is 27.6. The largest absolute Gasteiger partial charge is 0.444 e. The molecule has 0 aromatic rings. The molecule has 10 heteroatoms. The molecule has 0 atom stereocenters. The van der Waals surface area contributed by atoms with Crippen molar-refractivity contribution in [2.75, 3.05) is 46.2 Å². The maximum Gasteiger partial charge on any atom is 0.407 e. The number of Topliss-reactive ketones (excluding diaryl/α,β-unsaturated/α-hetero) is 4. The second-order valence-electron chi connectivity index (χ2n) is 10.3. The minimum atomic E-state index is -0.847. The summed E-state index contributed by atoms with van der Waals surface area (Å²) in [5.74, 6) is -0.0970. The van der Waals surface area contributed by atoms with Gasteiger partial charge >= 0.3 is 6.09 Å². The molecule has 0 bridgehead atoms. The van der Waals surface area contributed by atoms with Crippen molar-refractivity contribution >= 4 is 29.2 Å². The van der Waals surface area contributed by atoms with Gasteiger partial charge in [-0.15, -0.1) is 0 Å². The zero-order valence-corrected chi connectivity index (χ0v) is 22.9. The minimum Gasteiger partial charge on any atom is -0.444 e. The van der Waals surface area contributed by atoms with Crippen LogP contribution in [0.1, 0.15) is 80.1 Å². The molecule has 1 amide bonds. The summed E-state index contributed by atoms with van der Waals surface area (Å²) >= 11 is 0. The zero-order valence-electron chi connectivity index (χ0n) is 22.9. The number of amides is 1. The average molecular weight is 516 g/mol. The molecule has 0 saturated carbocycles. The lowest BCUT2D eigenvalue weighted by Crippen LogP contribution is -2.40. The average Bonchev–Trinajstić information content (AvgIpc) is 2.73. The van der Waals surface area contributed by atoms with E-state index in [4.69, 9.17) is 18.9 Å². The van der Waals surface area contributed by atoms with Crippen molar-refractivity contribution in [2.45, 2.75) is 85.7 Å². The summed E-state index contributed by atoms with van der Waals surface area (Å²) in [6, 6.07) is 0. The number of ether oxygens (including phenoxy) is 4. The van der Waals surface area contributed by atoms with Gasteiger partial charge in [0.2, 0.25) is 0 Å². The number of ketones is 4. The van der Waals surface area contributed by atoms with E-state index in [2.05, 4.69) is 5.32 Å². The Kier molecular flexibility index (Phi) is 17.0. The molecule has 0 aromatic carbocycles. The third-order valence-corrected chi connectivity index (χ3v) is 4.89. The SMILES string of the molecule is CC(=O)CCOCC(COCCC(C)=O)(COCCC(C)=O)CC(=O)CCCNC(=O)OC(C)(C)C. The van der Waals surface area contributed by atoms with E-state index in [9.17, 15) is 24.0 Å². The summed E-state index contributed by atoms with van der Waals surface area (Å²) < 4.78 is 22.4. The van der Waals surface area contributed by atoms with E-state index in [1.165, 1.54) is 20.8 Å². The molecule has 0 spiro atoms. The van der Waals surface area contributed by atoms with Gasteiger partial charge in [-0.3, -0.25) is 19.2 Å². The van der Waals surface area contributed by atoms with Gasteiger partial charge in [-0.1, -0.05) is 0 Å². The van der Waals surface area contributed by atoms with Crippen LogP contribution < -0.4 is 5.32 Å². The Balaban J connectivity index is 5.13. The maximum absolute atomic E-state index is 12.9. The number of nitrogens with one attached hydrogen (secondary N) is 1. The summed E-state index contributed by atoms with van der Waals surface area (Å²) in [7, 11) is 0. The molecular weight excluding hydrogens is 470 g/mol. The van der Waals surface area contributed by atoms with Crippen molar-refractivity contribution in [2.24, 2.45) is 5.41 Å². The second kappa shape index (κ2) is 18.1. The Morgan fingerprint density at radius 3 is 1.44 bits per heavy atom. The van der Waals surface area contributed by atoms with Crippen LogP contribution in [-0.4, -0.2) is 81.0 Å². The van der Waals surface area contributed by atoms with Gasteiger partial charge in [0.1, 0.15) is 28.7 Å². The molecule has 0 saturated heterocycles. The summed E-state index contributed by atoms with van der Waals surface area (Å²) in [6.45, 7) is 11.0. The molecule has 0 fully saturated rings. The summed E-state index contributed by atoms with van der Waals surface area (Å²) in [4.78, 5) is 58.5. The number of rotatable bonds is 21. The standard InChI is InChI=1S/C26H45NO9/c1-20(28)9-13-33-17-26(18-34-14-10-21(2)29,19-35-15-11-22(3)30)16-23(31)8-7-12-27-24(32)36-25(4,5)6/h7-19H2,1-6H3,(H,27,32). The topological polar surface area (TPSA) is 134 Å². The van der Waals surface area contributed by atoms with Gasteiger partial charge in [-0.25, -0.2) is 4.79 Å². The molecule has 0 aliphatic rings. The fraction of sp³-hybridized carbons (Fsp3) is 0.808. The van der Waals surface area contributed by atoms with E-state index in [1.54, 1.807) is 20.8 Å². The van der Waals surface area contributed by atoms with Gasteiger partial charge in [-0.2, -0.15) is 0 Å². The first-order valence-electron chi connectivity index (χ1n) is 12.4. The third kappa shape index (κ3) is 20.1. The smallest absolute Gasteiger partial charge is 0.407 e. The number of carbonyl (C=O) groups excluding carboxylic acids is 5. The van der Waals surface area contributed by atoms with Crippen molar-refractivity contribution in [1.82, 2.24) is 5.32 Å². The first-order valence-corrected chi connectivity index (χ1v) is 12.4. The lowest BCUT2D eigenvalue weighted by molar-refractivity contribution is -0.131. The van der Waals surface area contributed by atoms with Crippen molar-refractivity contribution in [3.05, 3.63) is 0 Å². The Labute approximate surface area is 215 Å². The van der Waals surface area contributed by atoms with Crippen LogP contribution in [0.25, 0.3) is 0 Å². The van der Waals surface area contributed by atoms with Crippen LogP contribution in [0.2, 0.25) is 0 Å². The van der Waals surface area contributed by atoms with Crippen LogP contribution in [0.3, 0.4) is 0 Å². The molecule has 0 aliphatic heterocycles. The number of hydrogen-bond donors (Lipinski definition) is 1. The van der Waals surface area contributed by atoms with E-state index in [-0.39, 0.29) is 101 Å². The fourth-order valence-corrected chi connectivity index (χ4v) is 3.09. The highest BCUT2D eigenvalue weighted by atomic mass is 16.6. The van der Waals surface area contributed by atoms with Gasteiger partial charge < -0.3 is 24.3 Å². The molecule has 0 aliphatic carbocycles. The van der Waals surface area contributed by atoms with E-state index in [0.717, 1.165) is 0 Å². The molecular formula is C26H45NO9. The Morgan fingerprint density at radius 1 is 0.667 bits per heavy atom. The first kappa shape index (κ1) is 33.8. The van der Waals surface area contributed by atoms with Crippen LogP contribution in [0, 0.1) is 5.41 Å². The molecule has 10 nitrogen and oxygen atoms in total.